The maximum atomic E-state index is 2.32. The van der Waals surface area contributed by atoms with Gasteiger partial charge in [-0.25, -0.2) is 0 Å². The van der Waals surface area contributed by atoms with Gasteiger partial charge >= 0.3 is 0 Å². The number of nitrogens with zero attached hydrogens (tertiary/aromatic N) is 3. The van der Waals surface area contributed by atoms with Crippen LogP contribution < -0.4 is 14.7 Å². The number of benzene rings is 12. The van der Waals surface area contributed by atoms with Gasteiger partial charge in [0, 0.05) is 51.2 Å². The van der Waals surface area contributed by atoms with Crippen molar-refractivity contribution in [3.63, 3.8) is 0 Å². The molecule has 0 aliphatic rings. The Labute approximate surface area is 440 Å². The lowest BCUT2D eigenvalue weighted by Crippen LogP contribution is -2.10. The van der Waals surface area contributed by atoms with E-state index in [1.54, 1.807) is 0 Å². The van der Waals surface area contributed by atoms with Crippen molar-refractivity contribution >= 4 is 51.2 Å². The van der Waals surface area contributed by atoms with Crippen molar-refractivity contribution in [1.29, 1.82) is 0 Å². The van der Waals surface area contributed by atoms with Crippen molar-refractivity contribution in [2.45, 2.75) is 0 Å². The van der Waals surface area contributed by atoms with Gasteiger partial charge in [-0.1, -0.05) is 212 Å². The highest BCUT2D eigenvalue weighted by Crippen LogP contribution is 2.41. The van der Waals surface area contributed by atoms with Crippen molar-refractivity contribution in [3.8, 4) is 55.6 Å². The maximum Gasteiger partial charge on any atom is 0.0462 e. The zero-order chi connectivity index (χ0) is 50.2. The minimum atomic E-state index is 1.09. The number of para-hydroxylation sites is 3. The summed E-state index contributed by atoms with van der Waals surface area (Å²) in [5.41, 5.74) is 21.8. The molecule has 0 amide bonds. The van der Waals surface area contributed by atoms with Crippen molar-refractivity contribution in [2.75, 3.05) is 14.7 Å². The monoisotopic (exact) mass is 959 g/mol. The summed E-state index contributed by atoms with van der Waals surface area (Å²) in [6, 6.07) is 115. The normalized spacial score (nSPS) is 10.9. The molecule has 0 radical (unpaired) electrons. The molecule has 0 aliphatic heterocycles. The third kappa shape index (κ3) is 10.1. The van der Waals surface area contributed by atoms with Crippen LogP contribution >= 0.6 is 0 Å². The molecule has 0 atom stereocenters. The predicted octanol–water partition coefficient (Wildman–Crippen LogP) is 20.4. The third-order valence-electron chi connectivity index (χ3n) is 13.9. The van der Waals surface area contributed by atoms with Gasteiger partial charge in [0.2, 0.25) is 0 Å². The molecule has 12 rings (SSSR count). The van der Waals surface area contributed by atoms with Crippen molar-refractivity contribution < 1.29 is 0 Å². The Morgan fingerprint density at radius 2 is 0.227 bits per heavy atom. The maximum absolute atomic E-state index is 2.32. The fourth-order valence-corrected chi connectivity index (χ4v) is 10.0. The minimum absolute atomic E-state index is 1.09. The second-order valence-corrected chi connectivity index (χ2v) is 18.6. The van der Waals surface area contributed by atoms with Gasteiger partial charge in [0.05, 0.1) is 0 Å². The van der Waals surface area contributed by atoms with Gasteiger partial charge in [-0.05, 0) is 165 Å². The molecule has 0 saturated heterocycles. The van der Waals surface area contributed by atoms with Crippen LogP contribution in [0.15, 0.2) is 322 Å². The SMILES string of the molecule is c1ccc(-c2ccc(N(c3ccccc3)c3ccc(-c4ccc(-c5ccc(N(c6ccccc6)c6ccc(-c7ccc(N(c8ccccc8)c8ccc(-c9ccccc9)cc8)cc7)cc6)cc5)cc4)cc3)cc2)cc1. The molecular formula is C72H53N3. The van der Waals surface area contributed by atoms with Crippen LogP contribution in [0.3, 0.4) is 0 Å². The first-order valence-electron chi connectivity index (χ1n) is 25.6. The average molecular weight is 960 g/mol. The molecule has 3 heteroatoms. The lowest BCUT2D eigenvalue weighted by molar-refractivity contribution is 1.28. The van der Waals surface area contributed by atoms with Crippen LogP contribution in [0.1, 0.15) is 0 Å². The largest absolute Gasteiger partial charge is 0.311 e. The van der Waals surface area contributed by atoms with Crippen LogP contribution in [0.4, 0.5) is 51.2 Å². The number of hydrogen-bond donors (Lipinski definition) is 0. The second kappa shape index (κ2) is 21.4. The third-order valence-corrected chi connectivity index (χ3v) is 13.9. The van der Waals surface area contributed by atoms with E-state index in [4.69, 9.17) is 0 Å². The fourth-order valence-electron chi connectivity index (χ4n) is 10.0. The molecule has 0 unspecified atom stereocenters. The zero-order valence-corrected chi connectivity index (χ0v) is 41.4. The van der Waals surface area contributed by atoms with E-state index in [1.165, 1.54) is 44.5 Å². The summed E-state index contributed by atoms with van der Waals surface area (Å²) in [5.74, 6) is 0. The highest BCUT2D eigenvalue weighted by atomic mass is 15.2. The standard InChI is InChI=1S/C72H53N3/c1-6-16-54(17-7-1)58-30-42-67(43-31-58)73(64-20-10-3-11-21-64)69-46-34-60(35-47-69)56-26-28-57(29-27-56)61-36-48-70(49-37-61)75(66-24-14-5-15-25-66)72-52-40-63(41-53-72)62-38-50-71(51-39-62)74(65-22-12-4-13-23-65)68-44-32-59(33-45-68)55-18-8-2-9-19-55/h1-53H. The Morgan fingerprint density at radius 1 is 0.107 bits per heavy atom. The van der Waals surface area contributed by atoms with Crippen LogP contribution in [0, 0.1) is 0 Å². The van der Waals surface area contributed by atoms with Crippen LogP contribution in [0.25, 0.3) is 55.6 Å². The smallest absolute Gasteiger partial charge is 0.0462 e. The molecule has 0 bridgehead atoms. The summed E-state index contributed by atoms with van der Waals surface area (Å²) in [6.45, 7) is 0. The lowest BCUT2D eigenvalue weighted by Gasteiger charge is -2.26. The predicted molar refractivity (Wildman–Crippen MR) is 318 cm³/mol. The summed E-state index contributed by atoms with van der Waals surface area (Å²) in [5, 5.41) is 0. The van der Waals surface area contributed by atoms with E-state index in [0.29, 0.717) is 0 Å². The number of anilines is 9. The Kier molecular flexibility index (Phi) is 13.2. The van der Waals surface area contributed by atoms with E-state index in [9.17, 15) is 0 Å². The molecule has 75 heavy (non-hydrogen) atoms. The molecule has 0 saturated carbocycles. The molecule has 356 valence electrons. The summed E-state index contributed by atoms with van der Waals surface area (Å²) >= 11 is 0. The minimum Gasteiger partial charge on any atom is -0.311 e. The first kappa shape index (κ1) is 46.1. The first-order chi connectivity index (χ1) is 37.2. The van der Waals surface area contributed by atoms with Crippen molar-refractivity contribution in [2.24, 2.45) is 0 Å². The molecule has 0 N–H and O–H groups in total. The highest BCUT2D eigenvalue weighted by molar-refractivity contribution is 5.84. The molecule has 0 heterocycles. The molecule has 12 aromatic rings. The van der Waals surface area contributed by atoms with E-state index >= 15 is 0 Å². The van der Waals surface area contributed by atoms with Gasteiger partial charge in [0.1, 0.15) is 0 Å². The van der Waals surface area contributed by atoms with Gasteiger partial charge in [-0.2, -0.15) is 0 Å². The van der Waals surface area contributed by atoms with Crippen molar-refractivity contribution in [1.82, 2.24) is 0 Å². The molecule has 0 fully saturated rings. The van der Waals surface area contributed by atoms with Crippen molar-refractivity contribution in [3.05, 3.63) is 322 Å². The number of rotatable bonds is 14. The molecule has 0 aromatic heterocycles. The van der Waals surface area contributed by atoms with E-state index < -0.39 is 0 Å². The summed E-state index contributed by atoms with van der Waals surface area (Å²) in [7, 11) is 0. The fraction of sp³-hybridized carbons (Fsp3) is 0. The van der Waals surface area contributed by atoms with E-state index in [-0.39, 0.29) is 0 Å². The average Bonchev–Trinajstić information content (AvgIpc) is 3.50. The van der Waals surface area contributed by atoms with Gasteiger partial charge in [0.25, 0.3) is 0 Å². The quantitative estimate of drug-likeness (QED) is 0.108. The summed E-state index contributed by atoms with van der Waals surface area (Å²) < 4.78 is 0. The summed E-state index contributed by atoms with van der Waals surface area (Å²) in [6.07, 6.45) is 0. The lowest BCUT2D eigenvalue weighted by atomic mass is 9.99. The Morgan fingerprint density at radius 3 is 0.400 bits per heavy atom. The highest BCUT2D eigenvalue weighted by Gasteiger charge is 2.17. The van der Waals surface area contributed by atoms with Gasteiger partial charge < -0.3 is 14.7 Å². The van der Waals surface area contributed by atoms with Crippen LogP contribution in [0.2, 0.25) is 0 Å². The topological polar surface area (TPSA) is 9.72 Å². The van der Waals surface area contributed by atoms with E-state index in [1.807, 2.05) is 0 Å². The van der Waals surface area contributed by atoms with Crippen LogP contribution in [-0.2, 0) is 0 Å². The Hall–Kier alpha value is -9.96. The molecule has 0 aliphatic carbocycles. The second-order valence-electron chi connectivity index (χ2n) is 18.6. The molecule has 12 aromatic carbocycles. The van der Waals surface area contributed by atoms with Crippen LogP contribution in [0.5, 0.6) is 0 Å². The molecular weight excluding hydrogens is 907 g/mol. The zero-order valence-electron chi connectivity index (χ0n) is 41.4. The van der Waals surface area contributed by atoms with Gasteiger partial charge in [0.15, 0.2) is 0 Å². The number of hydrogen-bond acceptors (Lipinski definition) is 3. The van der Waals surface area contributed by atoms with E-state index in [2.05, 4.69) is 336 Å². The molecule has 3 nitrogen and oxygen atoms in total. The summed E-state index contributed by atoms with van der Waals surface area (Å²) in [4.78, 5) is 6.95. The van der Waals surface area contributed by atoms with E-state index in [0.717, 1.165) is 62.3 Å². The first-order valence-corrected chi connectivity index (χ1v) is 25.6. The van der Waals surface area contributed by atoms with Gasteiger partial charge in [-0.15, -0.1) is 0 Å². The van der Waals surface area contributed by atoms with Crippen LogP contribution in [-0.4, -0.2) is 0 Å². The Balaban J connectivity index is 0.756. The molecule has 0 spiro atoms. The van der Waals surface area contributed by atoms with Gasteiger partial charge in [-0.3, -0.25) is 0 Å². The Bertz CT molecular complexity index is 3720.